The van der Waals surface area contributed by atoms with Gasteiger partial charge in [-0.1, -0.05) is 44.2 Å². The maximum absolute atomic E-state index is 13.2. The zero-order valence-corrected chi connectivity index (χ0v) is 20.9. The van der Waals surface area contributed by atoms with Crippen LogP contribution in [0.5, 0.6) is 11.5 Å². The van der Waals surface area contributed by atoms with Gasteiger partial charge in [0.15, 0.2) is 18.1 Å². The summed E-state index contributed by atoms with van der Waals surface area (Å²) in [6.45, 7) is 6.98. The predicted octanol–water partition coefficient (Wildman–Crippen LogP) is 2.83. The third-order valence-corrected chi connectivity index (χ3v) is 5.88. The molecule has 188 valence electrons. The maximum atomic E-state index is 13.2. The van der Waals surface area contributed by atoms with E-state index in [0.29, 0.717) is 37.4 Å². The van der Waals surface area contributed by atoms with E-state index in [9.17, 15) is 14.4 Å². The summed E-state index contributed by atoms with van der Waals surface area (Å²) in [5.41, 5.74) is 3.00. The SMILES string of the molecule is CCNC(=O)COc1ccc(CNC(=O)C2Cc3ccccc3CN2C(=O)CC(C)C)cc1OC. The van der Waals surface area contributed by atoms with E-state index in [4.69, 9.17) is 9.47 Å². The second-order valence-electron chi connectivity index (χ2n) is 9.05. The lowest BCUT2D eigenvalue weighted by Gasteiger charge is -2.36. The van der Waals surface area contributed by atoms with Crippen LogP contribution in [0.4, 0.5) is 0 Å². The van der Waals surface area contributed by atoms with Crippen LogP contribution < -0.4 is 20.1 Å². The highest BCUT2D eigenvalue weighted by Gasteiger charge is 2.34. The van der Waals surface area contributed by atoms with Gasteiger partial charge in [-0.05, 0) is 41.7 Å². The molecule has 0 spiro atoms. The summed E-state index contributed by atoms with van der Waals surface area (Å²) in [5, 5.41) is 5.66. The third kappa shape index (κ3) is 6.97. The minimum atomic E-state index is -0.558. The maximum Gasteiger partial charge on any atom is 0.257 e. The van der Waals surface area contributed by atoms with Crippen molar-refractivity contribution in [3.63, 3.8) is 0 Å². The van der Waals surface area contributed by atoms with Crippen molar-refractivity contribution < 1.29 is 23.9 Å². The summed E-state index contributed by atoms with van der Waals surface area (Å²) in [6, 6.07) is 12.7. The number of benzene rings is 2. The van der Waals surface area contributed by atoms with E-state index in [1.54, 1.807) is 17.0 Å². The molecule has 0 radical (unpaired) electrons. The van der Waals surface area contributed by atoms with E-state index < -0.39 is 6.04 Å². The van der Waals surface area contributed by atoms with Gasteiger partial charge in [-0.3, -0.25) is 14.4 Å². The normalized spacial score (nSPS) is 14.8. The molecule has 0 saturated carbocycles. The number of carbonyl (C=O) groups excluding carboxylic acids is 3. The van der Waals surface area contributed by atoms with E-state index >= 15 is 0 Å². The summed E-state index contributed by atoms with van der Waals surface area (Å²) in [4.78, 5) is 39.6. The van der Waals surface area contributed by atoms with Gasteiger partial charge in [0, 0.05) is 32.5 Å². The molecular formula is C27H35N3O5. The zero-order valence-electron chi connectivity index (χ0n) is 20.9. The first-order valence-corrected chi connectivity index (χ1v) is 12.0. The highest BCUT2D eigenvalue weighted by molar-refractivity contribution is 5.88. The summed E-state index contributed by atoms with van der Waals surface area (Å²) >= 11 is 0. The number of likely N-dealkylation sites (N-methyl/N-ethyl adjacent to an activating group) is 1. The molecule has 0 aliphatic carbocycles. The van der Waals surface area contributed by atoms with Crippen molar-refractivity contribution in [2.24, 2.45) is 5.92 Å². The van der Waals surface area contributed by atoms with Crippen LogP contribution in [0.3, 0.4) is 0 Å². The molecule has 8 heteroatoms. The molecule has 3 amide bonds. The van der Waals surface area contributed by atoms with Crippen LogP contribution in [-0.4, -0.2) is 48.9 Å². The van der Waals surface area contributed by atoms with E-state index in [1.165, 1.54) is 7.11 Å². The first kappa shape index (κ1) is 26.1. The Morgan fingerprint density at radius 1 is 1.06 bits per heavy atom. The highest BCUT2D eigenvalue weighted by Crippen LogP contribution is 2.28. The van der Waals surface area contributed by atoms with Gasteiger partial charge in [0.05, 0.1) is 7.11 Å². The quantitative estimate of drug-likeness (QED) is 0.544. The standard InChI is InChI=1S/C27H35N3O5/c1-5-28-25(31)17-35-23-11-10-19(13-24(23)34-4)15-29-27(33)22-14-20-8-6-7-9-21(20)16-30(22)26(32)12-18(2)3/h6-11,13,18,22H,5,12,14-17H2,1-4H3,(H,28,31)(H,29,33). The molecule has 1 unspecified atom stereocenters. The second-order valence-corrected chi connectivity index (χ2v) is 9.05. The van der Waals surface area contributed by atoms with Crippen LogP contribution in [0.2, 0.25) is 0 Å². The summed E-state index contributed by atoms with van der Waals surface area (Å²) in [7, 11) is 1.52. The van der Waals surface area contributed by atoms with Gasteiger partial charge in [-0.2, -0.15) is 0 Å². The number of amides is 3. The summed E-state index contributed by atoms with van der Waals surface area (Å²) < 4.78 is 11.0. The van der Waals surface area contributed by atoms with Crippen molar-refractivity contribution in [2.45, 2.75) is 52.7 Å². The molecule has 2 N–H and O–H groups in total. The molecule has 1 heterocycles. The van der Waals surface area contributed by atoms with E-state index in [0.717, 1.165) is 16.7 Å². The fourth-order valence-electron chi connectivity index (χ4n) is 4.13. The number of ether oxygens (including phenoxy) is 2. The number of hydrogen-bond acceptors (Lipinski definition) is 5. The van der Waals surface area contributed by atoms with Gasteiger partial charge in [0.25, 0.3) is 5.91 Å². The molecular weight excluding hydrogens is 446 g/mol. The Morgan fingerprint density at radius 2 is 1.80 bits per heavy atom. The Labute approximate surface area is 207 Å². The molecule has 0 bridgehead atoms. The van der Waals surface area contributed by atoms with Gasteiger partial charge in [-0.25, -0.2) is 0 Å². The molecule has 35 heavy (non-hydrogen) atoms. The molecule has 8 nitrogen and oxygen atoms in total. The molecule has 2 aromatic carbocycles. The Balaban J connectivity index is 1.68. The minimum absolute atomic E-state index is 0.00932. The minimum Gasteiger partial charge on any atom is -0.493 e. The average molecular weight is 482 g/mol. The van der Waals surface area contributed by atoms with Crippen LogP contribution in [-0.2, 0) is 33.9 Å². The number of rotatable bonds is 10. The van der Waals surface area contributed by atoms with E-state index in [2.05, 4.69) is 10.6 Å². The Bertz CT molecular complexity index is 1050. The molecule has 3 rings (SSSR count). The van der Waals surface area contributed by atoms with Crippen molar-refractivity contribution in [3.8, 4) is 11.5 Å². The number of methoxy groups -OCH3 is 1. The number of carbonyl (C=O) groups is 3. The number of fused-ring (bicyclic) bond motifs is 1. The Kier molecular flexibility index (Phi) is 9.11. The van der Waals surface area contributed by atoms with Gasteiger partial charge in [0.1, 0.15) is 6.04 Å². The van der Waals surface area contributed by atoms with Crippen LogP contribution in [0.15, 0.2) is 42.5 Å². The average Bonchev–Trinajstić information content (AvgIpc) is 2.85. The number of hydrogen-bond donors (Lipinski definition) is 2. The van der Waals surface area contributed by atoms with Crippen LogP contribution in [0, 0.1) is 5.92 Å². The Hall–Kier alpha value is -3.55. The molecule has 1 atom stereocenters. The lowest BCUT2D eigenvalue weighted by atomic mass is 9.92. The third-order valence-electron chi connectivity index (χ3n) is 5.88. The zero-order chi connectivity index (χ0) is 25.4. The molecule has 2 aromatic rings. The first-order chi connectivity index (χ1) is 16.8. The number of nitrogens with one attached hydrogen (secondary N) is 2. The predicted molar refractivity (Wildman–Crippen MR) is 133 cm³/mol. The van der Waals surface area contributed by atoms with Gasteiger partial charge in [-0.15, -0.1) is 0 Å². The molecule has 0 aromatic heterocycles. The molecule has 0 saturated heterocycles. The monoisotopic (exact) mass is 481 g/mol. The van der Waals surface area contributed by atoms with Gasteiger partial charge in [0.2, 0.25) is 11.8 Å². The van der Waals surface area contributed by atoms with Crippen LogP contribution >= 0.6 is 0 Å². The Morgan fingerprint density at radius 3 is 2.49 bits per heavy atom. The largest absolute Gasteiger partial charge is 0.493 e. The molecule has 1 aliphatic rings. The lowest BCUT2D eigenvalue weighted by Crippen LogP contribution is -2.52. The number of nitrogens with zero attached hydrogens (tertiary/aromatic N) is 1. The van der Waals surface area contributed by atoms with Crippen molar-refractivity contribution in [1.82, 2.24) is 15.5 Å². The van der Waals surface area contributed by atoms with Gasteiger partial charge >= 0.3 is 0 Å². The fourth-order valence-corrected chi connectivity index (χ4v) is 4.13. The van der Waals surface area contributed by atoms with Crippen molar-refractivity contribution in [2.75, 3.05) is 20.3 Å². The smallest absolute Gasteiger partial charge is 0.257 e. The van der Waals surface area contributed by atoms with Crippen LogP contribution in [0.25, 0.3) is 0 Å². The first-order valence-electron chi connectivity index (χ1n) is 12.0. The topological polar surface area (TPSA) is 97.0 Å². The fraction of sp³-hybridized carbons (Fsp3) is 0.444. The summed E-state index contributed by atoms with van der Waals surface area (Å²) in [6.07, 6.45) is 0.892. The van der Waals surface area contributed by atoms with Crippen LogP contribution in [0.1, 0.15) is 43.9 Å². The molecule has 1 aliphatic heterocycles. The van der Waals surface area contributed by atoms with Crippen molar-refractivity contribution in [3.05, 3.63) is 59.2 Å². The van der Waals surface area contributed by atoms with Gasteiger partial charge < -0.3 is 25.0 Å². The van der Waals surface area contributed by atoms with Crippen molar-refractivity contribution in [1.29, 1.82) is 0 Å². The van der Waals surface area contributed by atoms with E-state index in [-0.39, 0.29) is 36.8 Å². The van der Waals surface area contributed by atoms with Crippen molar-refractivity contribution >= 4 is 17.7 Å². The molecule has 0 fully saturated rings. The lowest BCUT2D eigenvalue weighted by molar-refractivity contribution is -0.142. The second kappa shape index (κ2) is 12.2. The highest BCUT2D eigenvalue weighted by atomic mass is 16.5. The van der Waals surface area contributed by atoms with E-state index in [1.807, 2.05) is 51.1 Å². The summed E-state index contributed by atoms with van der Waals surface area (Å²) in [5.74, 6) is 0.725.